The summed E-state index contributed by atoms with van der Waals surface area (Å²) in [7, 11) is 0. The molecule has 0 amide bonds. The molecule has 0 aliphatic rings. The summed E-state index contributed by atoms with van der Waals surface area (Å²) in [6, 6.07) is 0. The van der Waals surface area contributed by atoms with Crippen molar-refractivity contribution in [3.8, 4) is 0 Å². The molecule has 0 fully saturated rings. The van der Waals surface area contributed by atoms with Crippen LogP contribution in [0.5, 0.6) is 0 Å². The molecule has 1 heteroatoms. The topological polar surface area (TPSA) is 0 Å². The van der Waals surface area contributed by atoms with E-state index in [9.17, 15) is 0 Å². The van der Waals surface area contributed by atoms with Gasteiger partial charge in [-0.1, -0.05) is 149 Å². The molecule has 0 heterocycles. The smallest absolute Gasteiger partial charge is 0 e. The predicted octanol–water partition coefficient (Wildman–Crippen LogP) is 13.1. The summed E-state index contributed by atoms with van der Waals surface area (Å²) in [4.78, 5) is 0. The molecule has 26 heavy (non-hydrogen) atoms. The Bertz CT molecular complexity index is 46.1. The average Bonchev–Trinajstić information content (AvgIpc) is 2.13. The zero-order valence-corrected chi connectivity index (χ0v) is 12.5. The summed E-state index contributed by atoms with van der Waals surface area (Å²) in [5, 5.41) is 0. The summed E-state index contributed by atoms with van der Waals surface area (Å²) in [6.45, 7) is 11.7. The van der Waals surface area contributed by atoms with E-state index in [1.807, 2.05) is 0 Å². The monoisotopic (exact) mass is 468 g/mol. The Morgan fingerprint density at radius 3 is 0.769 bits per heavy atom. The minimum absolute atomic E-state index is 0. The zero-order chi connectivity index (χ0) is 9.66. The molecule has 0 saturated carbocycles. The van der Waals surface area contributed by atoms with Gasteiger partial charge >= 0.3 is 0 Å². The van der Waals surface area contributed by atoms with Gasteiger partial charge in [0.25, 0.3) is 0 Å². The molecular weight excluding hydrogens is 389 g/mol. The van der Waals surface area contributed by atoms with Gasteiger partial charge in [0.05, 0.1) is 0 Å². The average molecular weight is 468 g/mol. The van der Waals surface area contributed by atoms with Crippen molar-refractivity contribution in [3.63, 3.8) is 0 Å². The van der Waals surface area contributed by atoms with Gasteiger partial charge in [0.15, 0.2) is 0 Å². The van der Waals surface area contributed by atoms with Crippen LogP contribution in [0.2, 0.25) is 0 Å². The maximum Gasteiger partial charge on any atom is 0 e. The van der Waals surface area contributed by atoms with Crippen molar-refractivity contribution in [2.75, 3.05) is 0 Å². The van der Waals surface area contributed by atoms with Crippen molar-refractivity contribution in [3.05, 3.63) is 13.8 Å². The van der Waals surface area contributed by atoms with E-state index in [2.05, 4.69) is 27.7 Å². The molecule has 183 valence electrons. The third kappa shape index (κ3) is 289. The molecule has 0 unspecified atom stereocenters. The Balaban J connectivity index is -0.00000000375. The second-order valence-electron chi connectivity index (χ2n) is 3.12. The van der Waals surface area contributed by atoms with Gasteiger partial charge < -0.3 is 13.8 Å². The van der Waals surface area contributed by atoms with Crippen LogP contribution in [0.15, 0.2) is 0 Å². The Morgan fingerprint density at radius 2 is 0.615 bits per heavy atom. The molecule has 0 aliphatic carbocycles. The number of rotatable bonds is 6. The molecule has 0 nitrogen and oxygen atoms in total. The third-order valence-electron chi connectivity index (χ3n) is 1.71. The minimum atomic E-state index is 0. The van der Waals surface area contributed by atoms with Gasteiger partial charge in [-0.25, -0.2) is 0 Å². The Morgan fingerprint density at radius 1 is 0.385 bits per heavy atom. The van der Waals surface area contributed by atoms with E-state index in [-0.39, 0.29) is 129 Å². The van der Waals surface area contributed by atoms with Crippen LogP contribution in [0.25, 0.3) is 0 Å². The second-order valence-corrected chi connectivity index (χ2v) is 3.12. The van der Waals surface area contributed by atoms with E-state index in [4.69, 9.17) is 0 Å². The first-order chi connectivity index (χ1) is 5.83. The Hall–Kier alpha value is 1.10. The first-order valence-electron chi connectivity index (χ1n) is 5.41. The van der Waals surface area contributed by atoms with Crippen LogP contribution in [-0.2, 0) is 32.7 Å². The second kappa shape index (κ2) is 198. The van der Waals surface area contributed by atoms with Crippen LogP contribution >= 0.6 is 0 Å². The van der Waals surface area contributed by atoms with Gasteiger partial charge in [-0.15, -0.1) is 0 Å². The molecule has 1 radical (unpaired) electrons. The molecule has 0 aromatic carbocycles. The van der Waals surface area contributed by atoms with Gasteiger partial charge in [0.2, 0.25) is 0 Å². The van der Waals surface area contributed by atoms with Crippen molar-refractivity contribution in [2.45, 2.75) is 162 Å². The maximum absolute atomic E-state index is 3.78. The minimum Gasteiger partial charge on any atom is -0.343 e. The third-order valence-corrected chi connectivity index (χ3v) is 1.71. The molecule has 0 N–H and O–H groups in total. The standard InChI is InChI=1S/C8H17.C4H9.13CH4.Y/c1-3-5-7-8-6-4-2;1-3-4-2;;;;;;;;;;;;;;/h1,3-8H2,2H3;1,3-4H2,2H3;13*1H4;/q2*-1;;;;;;;;;;;;;;. The van der Waals surface area contributed by atoms with E-state index in [1.165, 1.54) is 38.5 Å². The molecule has 0 rings (SSSR count). The molecule has 0 spiro atoms. The molecule has 0 aliphatic heterocycles. The van der Waals surface area contributed by atoms with E-state index in [1.54, 1.807) is 0 Å². The zero-order valence-electron chi connectivity index (χ0n) is 9.65. The largest absolute Gasteiger partial charge is 0.343 e. The van der Waals surface area contributed by atoms with Crippen LogP contribution in [0.4, 0.5) is 0 Å². The predicted molar refractivity (Wildman–Crippen MR) is 147 cm³/mol. The fraction of sp³-hybridized carbons (Fsp3) is 0.920. The van der Waals surface area contributed by atoms with Crippen molar-refractivity contribution in [1.82, 2.24) is 0 Å². The van der Waals surface area contributed by atoms with Crippen molar-refractivity contribution in [1.29, 1.82) is 0 Å². The number of hydrogen-bond donors (Lipinski definition) is 0. The van der Waals surface area contributed by atoms with Crippen LogP contribution < -0.4 is 0 Å². The van der Waals surface area contributed by atoms with E-state index in [0.29, 0.717) is 0 Å². The normalized spacial score (nSPS) is 4.15. The van der Waals surface area contributed by atoms with Gasteiger partial charge in [-0.2, -0.15) is 12.8 Å². The summed E-state index contributed by atoms with van der Waals surface area (Å²) in [5.74, 6) is 0. The van der Waals surface area contributed by atoms with Crippen LogP contribution in [0, 0.1) is 13.8 Å². The SMILES string of the molecule is C.C.C.C.C.C.C.C.C.C.C.C.C.[CH2-]CCC.[CH2-]CCCCCCC.[Y]. The summed E-state index contributed by atoms with van der Waals surface area (Å²) in [5.41, 5.74) is 0. The van der Waals surface area contributed by atoms with Crippen molar-refractivity contribution >= 4 is 0 Å². The van der Waals surface area contributed by atoms with E-state index >= 15 is 0 Å². The van der Waals surface area contributed by atoms with Gasteiger partial charge in [0, 0.05) is 32.7 Å². The molecule has 0 aromatic heterocycles. The van der Waals surface area contributed by atoms with Gasteiger partial charge in [0.1, 0.15) is 0 Å². The molecular formula is C25H78Y-2. The van der Waals surface area contributed by atoms with Crippen molar-refractivity contribution < 1.29 is 32.7 Å². The van der Waals surface area contributed by atoms with E-state index < -0.39 is 0 Å². The quantitative estimate of drug-likeness (QED) is 0.269. The van der Waals surface area contributed by atoms with Crippen LogP contribution in [0.3, 0.4) is 0 Å². The molecule has 0 aromatic rings. The fourth-order valence-electron chi connectivity index (χ4n) is 0.780. The molecule has 0 saturated heterocycles. The molecule has 0 atom stereocenters. The number of unbranched alkanes of at least 4 members (excludes halogenated alkanes) is 6. The van der Waals surface area contributed by atoms with E-state index in [0.717, 1.165) is 12.8 Å². The molecule has 0 bridgehead atoms. The van der Waals surface area contributed by atoms with Gasteiger partial charge in [-0.05, 0) is 0 Å². The first kappa shape index (κ1) is 150. The maximum atomic E-state index is 3.78. The fourth-order valence-corrected chi connectivity index (χ4v) is 0.780. The summed E-state index contributed by atoms with van der Waals surface area (Å²) < 4.78 is 0. The van der Waals surface area contributed by atoms with Crippen molar-refractivity contribution in [2.24, 2.45) is 0 Å². The Kier molecular flexibility index (Phi) is 1140. The summed E-state index contributed by atoms with van der Waals surface area (Å²) >= 11 is 0. The van der Waals surface area contributed by atoms with Gasteiger partial charge in [-0.3, -0.25) is 0 Å². The van der Waals surface area contributed by atoms with Crippen LogP contribution in [-0.4, -0.2) is 0 Å². The summed E-state index contributed by atoms with van der Waals surface area (Å²) in [6.07, 6.45) is 10.3. The van der Waals surface area contributed by atoms with Crippen LogP contribution in [0.1, 0.15) is 162 Å². The Labute approximate surface area is 207 Å². The number of hydrogen-bond acceptors (Lipinski definition) is 0. The first-order valence-corrected chi connectivity index (χ1v) is 5.41.